The molecule has 1 aliphatic heterocycles. The van der Waals surface area contributed by atoms with Gasteiger partial charge in [0.25, 0.3) is 0 Å². The molecule has 0 aromatic carbocycles. The number of likely N-dealkylation sites (tertiary alicyclic amines) is 1. The predicted molar refractivity (Wildman–Crippen MR) is 66.1 cm³/mol. The lowest BCUT2D eigenvalue weighted by Gasteiger charge is -2.31. The largest absolute Gasteiger partial charge is 0.481 e. The molecule has 6 heteroatoms. The SMILES string of the molecule is CC(C)(CO)NCC(=O)N1CCC(C(=O)O)CC1. The molecule has 0 spiro atoms. The molecule has 3 N–H and O–H groups in total. The summed E-state index contributed by atoms with van der Waals surface area (Å²) >= 11 is 0. The topological polar surface area (TPSA) is 89.9 Å². The van der Waals surface area contributed by atoms with Crippen molar-refractivity contribution in [1.29, 1.82) is 0 Å². The Bertz CT molecular complexity index is 309. The molecular formula is C12H22N2O4. The maximum absolute atomic E-state index is 11.9. The summed E-state index contributed by atoms with van der Waals surface area (Å²) in [4.78, 5) is 24.3. The van der Waals surface area contributed by atoms with Crippen molar-refractivity contribution >= 4 is 11.9 Å². The van der Waals surface area contributed by atoms with Gasteiger partial charge in [-0.1, -0.05) is 0 Å². The van der Waals surface area contributed by atoms with Crippen LogP contribution in [0.4, 0.5) is 0 Å². The van der Waals surface area contributed by atoms with Crippen LogP contribution in [0.1, 0.15) is 26.7 Å². The molecule has 1 aliphatic rings. The van der Waals surface area contributed by atoms with E-state index in [4.69, 9.17) is 10.2 Å². The Morgan fingerprint density at radius 1 is 1.33 bits per heavy atom. The molecule has 0 radical (unpaired) electrons. The van der Waals surface area contributed by atoms with Crippen LogP contribution in [-0.4, -0.2) is 58.8 Å². The number of nitrogens with zero attached hydrogens (tertiary/aromatic N) is 1. The molecule has 0 aliphatic carbocycles. The molecule has 1 fully saturated rings. The molecule has 0 aromatic rings. The highest BCUT2D eigenvalue weighted by atomic mass is 16.4. The van der Waals surface area contributed by atoms with Gasteiger partial charge in [-0.2, -0.15) is 0 Å². The summed E-state index contributed by atoms with van der Waals surface area (Å²) in [7, 11) is 0. The summed E-state index contributed by atoms with van der Waals surface area (Å²) in [6.07, 6.45) is 1.04. The molecule has 18 heavy (non-hydrogen) atoms. The van der Waals surface area contributed by atoms with Gasteiger partial charge >= 0.3 is 5.97 Å². The number of hydrogen-bond acceptors (Lipinski definition) is 4. The third-order valence-electron chi connectivity index (χ3n) is 3.31. The number of carbonyl (C=O) groups excluding carboxylic acids is 1. The molecular weight excluding hydrogens is 236 g/mol. The van der Waals surface area contributed by atoms with Gasteiger partial charge in [-0.3, -0.25) is 9.59 Å². The summed E-state index contributed by atoms with van der Waals surface area (Å²) in [6, 6.07) is 0. The number of hydrogen-bond donors (Lipinski definition) is 3. The second-order valence-electron chi connectivity index (χ2n) is 5.39. The van der Waals surface area contributed by atoms with Gasteiger partial charge in [-0.05, 0) is 26.7 Å². The van der Waals surface area contributed by atoms with Crippen molar-refractivity contribution in [2.24, 2.45) is 5.92 Å². The minimum atomic E-state index is -0.776. The van der Waals surface area contributed by atoms with E-state index < -0.39 is 11.5 Å². The highest BCUT2D eigenvalue weighted by Crippen LogP contribution is 2.17. The van der Waals surface area contributed by atoms with Gasteiger partial charge < -0.3 is 20.4 Å². The van der Waals surface area contributed by atoms with E-state index in [1.807, 2.05) is 13.8 Å². The molecule has 0 aromatic heterocycles. The number of amides is 1. The Labute approximate surface area is 107 Å². The molecule has 1 amide bonds. The summed E-state index contributed by atoms with van der Waals surface area (Å²) in [6.45, 7) is 4.76. The number of nitrogens with one attached hydrogen (secondary N) is 1. The lowest BCUT2D eigenvalue weighted by molar-refractivity contribution is -0.145. The molecule has 0 bridgehead atoms. The standard InChI is InChI=1S/C12H22N2O4/c1-12(2,8-15)13-7-10(16)14-5-3-9(4-6-14)11(17)18/h9,13,15H,3-8H2,1-2H3,(H,17,18). The van der Waals surface area contributed by atoms with Crippen molar-refractivity contribution in [3.63, 3.8) is 0 Å². The highest BCUT2D eigenvalue weighted by molar-refractivity contribution is 5.79. The molecule has 0 unspecified atom stereocenters. The van der Waals surface area contributed by atoms with Gasteiger partial charge in [0.1, 0.15) is 0 Å². The Hall–Kier alpha value is -1.14. The minimum Gasteiger partial charge on any atom is -0.481 e. The van der Waals surface area contributed by atoms with E-state index >= 15 is 0 Å². The predicted octanol–water partition coefficient (Wildman–Crippen LogP) is -0.330. The van der Waals surface area contributed by atoms with Crippen LogP contribution in [0.5, 0.6) is 0 Å². The van der Waals surface area contributed by atoms with Gasteiger partial charge in [0.15, 0.2) is 0 Å². The van der Waals surface area contributed by atoms with Crippen molar-refractivity contribution in [2.75, 3.05) is 26.2 Å². The normalized spacial score (nSPS) is 17.8. The number of aliphatic hydroxyl groups excluding tert-OH is 1. The second kappa shape index (κ2) is 6.15. The summed E-state index contributed by atoms with van der Waals surface area (Å²) in [5, 5.41) is 20.9. The summed E-state index contributed by atoms with van der Waals surface area (Å²) < 4.78 is 0. The van der Waals surface area contributed by atoms with Crippen LogP contribution in [0.25, 0.3) is 0 Å². The van der Waals surface area contributed by atoms with E-state index in [1.165, 1.54) is 0 Å². The number of aliphatic hydroxyl groups is 1. The fourth-order valence-electron chi connectivity index (χ4n) is 1.86. The van der Waals surface area contributed by atoms with E-state index in [1.54, 1.807) is 4.90 Å². The number of carboxylic acids is 1. The molecule has 1 heterocycles. The molecule has 6 nitrogen and oxygen atoms in total. The van der Waals surface area contributed by atoms with Crippen LogP contribution in [0.15, 0.2) is 0 Å². The number of carboxylic acid groups (broad SMARTS) is 1. The van der Waals surface area contributed by atoms with Crippen LogP contribution in [-0.2, 0) is 9.59 Å². The maximum Gasteiger partial charge on any atom is 0.306 e. The van der Waals surface area contributed by atoms with Crippen LogP contribution >= 0.6 is 0 Å². The molecule has 1 rings (SSSR count). The van der Waals surface area contributed by atoms with E-state index in [0.29, 0.717) is 25.9 Å². The zero-order valence-electron chi connectivity index (χ0n) is 11.0. The second-order valence-corrected chi connectivity index (χ2v) is 5.39. The fourth-order valence-corrected chi connectivity index (χ4v) is 1.86. The molecule has 0 saturated carbocycles. The Morgan fingerprint density at radius 3 is 2.33 bits per heavy atom. The number of rotatable bonds is 5. The van der Waals surface area contributed by atoms with Crippen molar-refractivity contribution in [3.05, 3.63) is 0 Å². The van der Waals surface area contributed by atoms with Gasteiger partial charge in [0, 0.05) is 18.6 Å². The number of carbonyl (C=O) groups is 2. The first-order valence-corrected chi connectivity index (χ1v) is 6.22. The van der Waals surface area contributed by atoms with Gasteiger partial charge in [0.05, 0.1) is 19.1 Å². The lowest BCUT2D eigenvalue weighted by Crippen LogP contribution is -2.50. The van der Waals surface area contributed by atoms with E-state index in [2.05, 4.69) is 5.32 Å². The first-order valence-electron chi connectivity index (χ1n) is 6.22. The Morgan fingerprint density at radius 2 is 1.89 bits per heavy atom. The zero-order valence-corrected chi connectivity index (χ0v) is 11.0. The number of aliphatic carboxylic acids is 1. The van der Waals surface area contributed by atoms with E-state index in [9.17, 15) is 9.59 Å². The third-order valence-corrected chi connectivity index (χ3v) is 3.31. The zero-order chi connectivity index (χ0) is 13.8. The monoisotopic (exact) mass is 258 g/mol. The van der Waals surface area contributed by atoms with Crippen molar-refractivity contribution in [2.45, 2.75) is 32.2 Å². The fraction of sp³-hybridized carbons (Fsp3) is 0.833. The quantitative estimate of drug-likeness (QED) is 0.628. The van der Waals surface area contributed by atoms with Crippen molar-refractivity contribution in [3.8, 4) is 0 Å². The van der Waals surface area contributed by atoms with E-state index in [0.717, 1.165) is 0 Å². The minimum absolute atomic E-state index is 0.0403. The number of piperidine rings is 1. The maximum atomic E-state index is 11.9. The Balaban J connectivity index is 2.34. The smallest absolute Gasteiger partial charge is 0.306 e. The Kier molecular flexibility index (Phi) is 5.10. The first-order chi connectivity index (χ1) is 8.35. The van der Waals surface area contributed by atoms with Crippen LogP contribution < -0.4 is 5.32 Å². The average molecular weight is 258 g/mol. The van der Waals surface area contributed by atoms with E-state index in [-0.39, 0.29) is 25.0 Å². The van der Waals surface area contributed by atoms with Crippen LogP contribution in [0.2, 0.25) is 0 Å². The lowest BCUT2D eigenvalue weighted by atomic mass is 9.97. The highest BCUT2D eigenvalue weighted by Gasteiger charge is 2.27. The molecule has 0 atom stereocenters. The van der Waals surface area contributed by atoms with Gasteiger partial charge in [0.2, 0.25) is 5.91 Å². The van der Waals surface area contributed by atoms with Crippen LogP contribution in [0.3, 0.4) is 0 Å². The van der Waals surface area contributed by atoms with Crippen molar-refractivity contribution < 1.29 is 19.8 Å². The first kappa shape index (κ1) is 14.9. The summed E-state index contributed by atoms with van der Waals surface area (Å²) in [5.41, 5.74) is -0.477. The van der Waals surface area contributed by atoms with Crippen molar-refractivity contribution in [1.82, 2.24) is 10.2 Å². The average Bonchev–Trinajstić information content (AvgIpc) is 2.36. The third kappa shape index (κ3) is 4.27. The molecule has 104 valence electrons. The summed E-state index contributed by atoms with van der Waals surface area (Å²) in [5.74, 6) is -1.14. The van der Waals surface area contributed by atoms with Gasteiger partial charge in [-0.25, -0.2) is 0 Å². The molecule has 1 saturated heterocycles. The van der Waals surface area contributed by atoms with Gasteiger partial charge in [-0.15, -0.1) is 0 Å². The van der Waals surface area contributed by atoms with Crippen LogP contribution in [0, 0.1) is 5.92 Å².